The first-order valence-electron chi connectivity index (χ1n) is 4.15. The monoisotopic (exact) mass is 183 g/mol. The Kier molecular flexibility index (Phi) is 3.31. The minimum Gasteiger partial charge on any atom is -0.481 e. The van der Waals surface area contributed by atoms with Gasteiger partial charge in [-0.3, -0.25) is 9.89 Å². The van der Waals surface area contributed by atoms with Crippen molar-refractivity contribution >= 4 is 11.7 Å². The molecule has 13 heavy (non-hydrogen) atoms. The molecule has 1 heterocycles. The quantitative estimate of drug-likeness (QED) is 0.638. The van der Waals surface area contributed by atoms with Crippen molar-refractivity contribution in [1.29, 1.82) is 0 Å². The molecule has 3 N–H and O–H groups in total. The molecule has 72 valence electrons. The highest BCUT2D eigenvalue weighted by Crippen LogP contribution is 2.07. The molecule has 1 rings (SSSR count). The predicted octanol–water partition coefficient (Wildman–Crippen LogP) is 1.07. The molecule has 0 aliphatic rings. The van der Waals surface area contributed by atoms with Gasteiger partial charge in [-0.05, 0) is 13.3 Å². The van der Waals surface area contributed by atoms with Crippen LogP contribution in [0, 0.1) is 0 Å². The molecule has 0 aliphatic heterocycles. The molecule has 0 bridgehead atoms. The van der Waals surface area contributed by atoms with E-state index in [9.17, 15) is 4.79 Å². The first-order chi connectivity index (χ1) is 6.18. The third kappa shape index (κ3) is 3.59. The lowest BCUT2D eigenvalue weighted by Crippen LogP contribution is -2.16. The summed E-state index contributed by atoms with van der Waals surface area (Å²) in [4.78, 5) is 10.3. The Morgan fingerprint density at radius 2 is 2.62 bits per heavy atom. The summed E-state index contributed by atoms with van der Waals surface area (Å²) >= 11 is 0. The van der Waals surface area contributed by atoms with Crippen LogP contribution in [0.15, 0.2) is 12.4 Å². The second-order valence-corrected chi connectivity index (χ2v) is 2.96. The highest BCUT2D eigenvalue weighted by Gasteiger charge is 2.05. The summed E-state index contributed by atoms with van der Waals surface area (Å²) in [5.41, 5.74) is 0.887. The van der Waals surface area contributed by atoms with Gasteiger partial charge in [0.1, 0.15) is 0 Å². The fraction of sp³-hybridized carbons (Fsp3) is 0.500. The van der Waals surface area contributed by atoms with Gasteiger partial charge in [0.15, 0.2) is 0 Å². The molecule has 1 atom stereocenters. The van der Waals surface area contributed by atoms with Crippen LogP contribution in [0.25, 0.3) is 0 Å². The molecule has 0 fully saturated rings. The van der Waals surface area contributed by atoms with Crippen LogP contribution in [0.1, 0.15) is 19.8 Å². The third-order valence-electron chi connectivity index (χ3n) is 1.70. The smallest absolute Gasteiger partial charge is 0.303 e. The van der Waals surface area contributed by atoms with E-state index in [4.69, 9.17) is 5.11 Å². The Morgan fingerprint density at radius 1 is 1.85 bits per heavy atom. The standard InChI is InChI=1S/C8H13N3O2/c1-6(2-3-8(12)13)11-7-4-9-10-5-7/h4-6,11H,2-3H2,1H3,(H,9,10)(H,12,13). The minimum absolute atomic E-state index is 0.147. The number of nitrogens with one attached hydrogen (secondary N) is 2. The van der Waals surface area contributed by atoms with Crippen molar-refractivity contribution in [2.24, 2.45) is 0 Å². The number of aromatic nitrogens is 2. The lowest BCUT2D eigenvalue weighted by Gasteiger charge is -2.11. The SMILES string of the molecule is CC(CCC(=O)O)Nc1cn[nH]c1. The van der Waals surface area contributed by atoms with Crippen molar-refractivity contribution in [2.75, 3.05) is 5.32 Å². The molecular weight excluding hydrogens is 170 g/mol. The molecule has 0 amide bonds. The van der Waals surface area contributed by atoms with Gasteiger partial charge in [0.25, 0.3) is 0 Å². The molecular formula is C8H13N3O2. The topological polar surface area (TPSA) is 78.0 Å². The maximum atomic E-state index is 10.3. The average Bonchev–Trinajstić information content (AvgIpc) is 2.53. The molecule has 0 spiro atoms. The van der Waals surface area contributed by atoms with Crippen molar-refractivity contribution in [3.05, 3.63) is 12.4 Å². The van der Waals surface area contributed by atoms with E-state index in [1.165, 1.54) is 0 Å². The zero-order chi connectivity index (χ0) is 9.68. The number of carbonyl (C=O) groups is 1. The lowest BCUT2D eigenvalue weighted by atomic mass is 10.2. The lowest BCUT2D eigenvalue weighted by molar-refractivity contribution is -0.137. The second-order valence-electron chi connectivity index (χ2n) is 2.96. The third-order valence-corrected chi connectivity index (χ3v) is 1.70. The molecule has 0 saturated heterocycles. The number of aromatic amines is 1. The van der Waals surface area contributed by atoms with Crippen LogP contribution in [-0.4, -0.2) is 27.3 Å². The van der Waals surface area contributed by atoms with E-state index in [1.54, 1.807) is 12.4 Å². The summed E-state index contributed by atoms with van der Waals surface area (Å²) in [5, 5.41) is 18.0. The van der Waals surface area contributed by atoms with Crippen LogP contribution in [0.5, 0.6) is 0 Å². The van der Waals surface area contributed by atoms with E-state index < -0.39 is 5.97 Å². The largest absolute Gasteiger partial charge is 0.481 e. The Hall–Kier alpha value is -1.52. The summed E-state index contributed by atoms with van der Waals surface area (Å²) in [6.07, 6.45) is 4.20. The van der Waals surface area contributed by atoms with E-state index in [0.717, 1.165) is 5.69 Å². The van der Waals surface area contributed by atoms with Gasteiger partial charge in [0, 0.05) is 18.7 Å². The van der Waals surface area contributed by atoms with E-state index >= 15 is 0 Å². The van der Waals surface area contributed by atoms with Crippen molar-refractivity contribution in [1.82, 2.24) is 10.2 Å². The molecule has 0 saturated carbocycles. The van der Waals surface area contributed by atoms with Crippen LogP contribution in [-0.2, 0) is 4.79 Å². The maximum Gasteiger partial charge on any atom is 0.303 e. The number of anilines is 1. The van der Waals surface area contributed by atoms with Gasteiger partial charge in [-0.25, -0.2) is 0 Å². The number of H-pyrrole nitrogens is 1. The Morgan fingerprint density at radius 3 is 3.15 bits per heavy atom. The van der Waals surface area contributed by atoms with Gasteiger partial charge in [-0.15, -0.1) is 0 Å². The maximum absolute atomic E-state index is 10.3. The van der Waals surface area contributed by atoms with Crippen molar-refractivity contribution in [2.45, 2.75) is 25.8 Å². The van der Waals surface area contributed by atoms with Crippen LogP contribution < -0.4 is 5.32 Å². The van der Waals surface area contributed by atoms with E-state index in [-0.39, 0.29) is 12.5 Å². The Balaban J connectivity index is 2.25. The number of carboxylic acids is 1. The number of carboxylic acid groups (broad SMARTS) is 1. The van der Waals surface area contributed by atoms with Crippen LogP contribution in [0.3, 0.4) is 0 Å². The second kappa shape index (κ2) is 4.49. The van der Waals surface area contributed by atoms with Gasteiger partial charge in [0.05, 0.1) is 11.9 Å². The molecule has 0 radical (unpaired) electrons. The first kappa shape index (κ1) is 9.57. The molecule has 1 aromatic rings. The fourth-order valence-electron chi connectivity index (χ4n) is 1.03. The minimum atomic E-state index is -0.763. The molecule has 5 heteroatoms. The van der Waals surface area contributed by atoms with Crippen LogP contribution >= 0.6 is 0 Å². The molecule has 0 aromatic carbocycles. The van der Waals surface area contributed by atoms with Crippen molar-refractivity contribution < 1.29 is 9.90 Å². The zero-order valence-corrected chi connectivity index (χ0v) is 7.45. The molecule has 5 nitrogen and oxygen atoms in total. The van der Waals surface area contributed by atoms with E-state index in [2.05, 4.69) is 15.5 Å². The summed E-state index contributed by atoms with van der Waals surface area (Å²) in [5.74, 6) is -0.763. The van der Waals surface area contributed by atoms with Gasteiger partial charge >= 0.3 is 5.97 Å². The van der Waals surface area contributed by atoms with Crippen LogP contribution in [0.4, 0.5) is 5.69 Å². The van der Waals surface area contributed by atoms with E-state index in [0.29, 0.717) is 6.42 Å². The number of hydrogen-bond acceptors (Lipinski definition) is 3. The summed E-state index contributed by atoms with van der Waals surface area (Å²) < 4.78 is 0. The van der Waals surface area contributed by atoms with Crippen LogP contribution in [0.2, 0.25) is 0 Å². The molecule has 1 aromatic heterocycles. The van der Waals surface area contributed by atoms with Gasteiger partial charge in [0.2, 0.25) is 0 Å². The van der Waals surface area contributed by atoms with Crippen molar-refractivity contribution in [3.63, 3.8) is 0 Å². The Labute approximate surface area is 76.2 Å². The highest BCUT2D eigenvalue weighted by atomic mass is 16.4. The molecule has 0 aliphatic carbocycles. The summed E-state index contributed by atoms with van der Waals surface area (Å²) in [6.45, 7) is 1.94. The average molecular weight is 183 g/mol. The first-order valence-corrected chi connectivity index (χ1v) is 4.15. The summed E-state index contributed by atoms with van der Waals surface area (Å²) in [6, 6.07) is 0.147. The number of nitrogens with zero attached hydrogens (tertiary/aromatic N) is 1. The van der Waals surface area contributed by atoms with E-state index in [1.807, 2.05) is 6.92 Å². The van der Waals surface area contributed by atoms with Crippen molar-refractivity contribution in [3.8, 4) is 0 Å². The van der Waals surface area contributed by atoms with Gasteiger partial charge in [-0.1, -0.05) is 0 Å². The zero-order valence-electron chi connectivity index (χ0n) is 7.45. The fourth-order valence-corrected chi connectivity index (χ4v) is 1.03. The number of rotatable bonds is 5. The Bertz CT molecular complexity index is 258. The highest BCUT2D eigenvalue weighted by molar-refractivity contribution is 5.66. The van der Waals surface area contributed by atoms with Gasteiger partial charge < -0.3 is 10.4 Å². The predicted molar refractivity (Wildman–Crippen MR) is 48.5 cm³/mol. The number of aliphatic carboxylic acids is 1. The normalized spacial score (nSPS) is 12.4. The summed E-state index contributed by atoms with van der Waals surface area (Å²) in [7, 11) is 0. The molecule has 1 unspecified atom stereocenters. The number of hydrogen-bond donors (Lipinski definition) is 3. The van der Waals surface area contributed by atoms with Gasteiger partial charge in [-0.2, -0.15) is 5.10 Å².